The van der Waals surface area contributed by atoms with Crippen molar-refractivity contribution in [1.29, 1.82) is 0 Å². The maximum Gasteiger partial charge on any atom is 0.375 e. The number of sulfone groups is 1. The van der Waals surface area contributed by atoms with Gasteiger partial charge in [0, 0.05) is 5.92 Å². The van der Waals surface area contributed by atoms with E-state index in [0.29, 0.717) is 0 Å². The minimum Gasteiger partial charge on any atom is -0.215 e. The highest BCUT2D eigenvalue weighted by atomic mass is 32.2. The van der Waals surface area contributed by atoms with Crippen LogP contribution in [0.25, 0.3) is 4.85 Å². The van der Waals surface area contributed by atoms with Crippen LogP contribution in [0.2, 0.25) is 0 Å². The van der Waals surface area contributed by atoms with Crippen LogP contribution in [0.15, 0.2) is 29.2 Å². The number of benzene rings is 1. The summed E-state index contributed by atoms with van der Waals surface area (Å²) in [5, 5.41) is -0.879. The van der Waals surface area contributed by atoms with Crippen LogP contribution in [0.1, 0.15) is 19.4 Å². The van der Waals surface area contributed by atoms with E-state index < -0.39 is 15.2 Å². The van der Waals surface area contributed by atoms with Crippen molar-refractivity contribution in [3.8, 4) is 6.57 Å². The van der Waals surface area contributed by atoms with E-state index in [1.807, 2.05) is 6.92 Å². The van der Waals surface area contributed by atoms with E-state index >= 15 is 0 Å². The van der Waals surface area contributed by atoms with Gasteiger partial charge in [-0.05, 0) is 19.1 Å². The van der Waals surface area contributed by atoms with Crippen molar-refractivity contribution in [3.63, 3.8) is 0 Å². The van der Waals surface area contributed by atoms with Gasteiger partial charge in [0.25, 0.3) is 16.4 Å². The highest BCUT2D eigenvalue weighted by molar-refractivity contribution is 7.92. The van der Waals surface area contributed by atoms with Crippen molar-refractivity contribution in [2.45, 2.75) is 31.0 Å². The minimum atomic E-state index is -3.46. The first-order valence-electron chi connectivity index (χ1n) is 5.10. The van der Waals surface area contributed by atoms with Crippen LogP contribution in [0.4, 0.5) is 0 Å². The molecule has 1 rings (SSSR count). The second kappa shape index (κ2) is 4.67. The van der Waals surface area contributed by atoms with Gasteiger partial charge in [0.05, 0.1) is 4.90 Å². The summed E-state index contributed by atoms with van der Waals surface area (Å²) in [6.45, 7) is 10.6. The molecule has 0 aliphatic heterocycles. The third kappa shape index (κ3) is 2.42. The van der Waals surface area contributed by atoms with Gasteiger partial charge in [-0.15, -0.1) is 0 Å². The summed E-state index contributed by atoms with van der Waals surface area (Å²) in [5.41, 5.74) is 1.02. The highest BCUT2D eigenvalue weighted by Gasteiger charge is 2.38. The summed E-state index contributed by atoms with van der Waals surface area (Å²) in [5.74, 6) is -0.142. The summed E-state index contributed by atoms with van der Waals surface area (Å²) >= 11 is 0. The predicted octanol–water partition coefficient (Wildman–Crippen LogP) is 2.71. The van der Waals surface area contributed by atoms with Crippen LogP contribution >= 0.6 is 0 Å². The first-order chi connectivity index (χ1) is 7.39. The SMILES string of the molecule is C#[N+]C(C(C)C)S(=O)(=O)c1ccc(C)cc1. The van der Waals surface area contributed by atoms with E-state index in [4.69, 9.17) is 6.57 Å². The Labute approximate surface area is 96.8 Å². The second-order valence-corrected chi connectivity index (χ2v) is 6.19. The smallest absolute Gasteiger partial charge is 0.215 e. The minimum absolute atomic E-state index is 0.142. The Hall–Kier alpha value is -1.34. The van der Waals surface area contributed by atoms with E-state index in [9.17, 15) is 8.42 Å². The molecule has 0 fully saturated rings. The molecule has 1 unspecified atom stereocenters. The molecular weight excluding hydrogens is 222 g/mol. The zero-order chi connectivity index (χ0) is 12.3. The quantitative estimate of drug-likeness (QED) is 0.812. The molecule has 16 heavy (non-hydrogen) atoms. The lowest BCUT2D eigenvalue weighted by Crippen LogP contribution is -2.23. The van der Waals surface area contributed by atoms with Crippen LogP contribution in [0.3, 0.4) is 0 Å². The second-order valence-electron chi connectivity index (χ2n) is 4.14. The van der Waals surface area contributed by atoms with E-state index in [1.54, 1.807) is 38.1 Å². The normalized spacial score (nSPS) is 13.4. The fraction of sp³-hybridized carbons (Fsp3) is 0.417. The number of nitrogens with zero attached hydrogens (tertiary/aromatic N) is 1. The maximum atomic E-state index is 12.1. The predicted molar refractivity (Wildman–Crippen MR) is 65.3 cm³/mol. The van der Waals surface area contributed by atoms with Crippen molar-refractivity contribution in [2.75, 3.05) is 0 Å². The molecule has 86 valence electrons. The van der Waals surface area contributed by atoms with E-state index in [-0.39, 0.29) is 10.8 Å². The molecule has 0 saturated carbocycles. The Kier molecular flexibility index (Phi) is 3.71. The fourth-order valence-electron chi connectivity index (χ4n) is 1.48. The van der Waals surface area contributed by atoms with Gasteiger partial charge in [0.1, 0.15) is 0 Å². The van der Waals surface area contributed by atoms with E-state index in [2.05, 4.69) is 4.85 Å². The zero-order valence-corrected chi connectivity index (χ0v) is 10.5. The van der Waals surface area contributed by atoms with E-state index in [0.717, 1.165) is 5.56 Å². The number of aryl methyl sites for hydroxylation is 1. The van der Waals surface area contributed by atoms with Gasteiger partial charge in [-0.2, -0.15) is 0 Å². The molecule has 0 aliphatic rings. The summed E-state index contributed by atoms with van der Waals surface area (Å²) in [7, 11) is -3.46. The molecule has 0 saturated heterocycles. The molecular formula is C12H16NO2S+. The Morgan fingerprint density at radius 3 is 2.06 bits per heavy atom. The Bertz CT molecular complexity index is 495. The van der Waals surface area contributed by atoms with Gasteiger partial charge in [0.15, 0.2) is 0 Å². The summed E-state index contributed by atoms with van der Waals surface area (Å²) in [4.78, 5) is 3.74. The standard InChI is InChI=1S/C12H16NO2S/c1-9(2)12(13-4)16(14,15)11-7-5-10(3)6-8-11/h4-9,12H,1-3H3/q+1. The highest BCUT2D eigenvalue weighted by Crippen LogP contribution is 2.22. The molecule has 0 bridgehead atoms. The molecule has 0 aromatic heterocycles. The molecule has 0 spiro atoms. The average Bonchev–Trinajstić information content (AvgIpc) is 2.18. The van der Waals surface area contributed by atoms with Crippen molar-refractivity contribution in [1.82, 2.24) is 0 Å². The van der Waals surface area contributed by atoms with Gasteiger partial charge in [-0.3, -0.25) is 0 Å². The molecule has 0 heterocycles. The van der Waals surface area contributed by atoms with Crippen molar-refractivity contribution < 1.29 is 8.42 Å². The van der Waals surface area contributed by atoms with Crippen LogP contribution < -0.4 is 0 Å². The van der Waals surface area contributed by atoms with Gasteiger partial charge in [-0.1, -0.05) is 36.4 Å². The molecule has 0 aliphatic carbocycles. The number of rotatable bonds is 3. The van der Waals surface area contributed by atoms with Crippen LogP contribution in [-0.4, -0.2) is 13.8 Å². The van der Waals surface area contributed by atoms with Crippen LogP contribution in [0, 0.1) is 19.4 Å². The summed E-state index contributed by atoms with van der Waals surface area (Å²) in [6.07, 6.45) is 0. The van der Waals surface area contributed by atoms with Crippen LogP contribution in [0.5, 0.6) is 0 Å². The molecule has 3 nitrogen and oxygen atoms in total. The molecule has 0 N–H and O–H groups in total. The van der Waals surface area contributed by atoms with Gasteiger partial charge >= 0.3 is 5.37 Å². The summed E-state index contributed by atoms with van der Waals surface area (Å²) in [6, 6.07) is 6.71. The monoisotopic (exact) mass is 238 g/mol. The average molecular weight is 238 g/mol. The lowest BCUT2D eigenvalue weighted by atomic mass is 10.2. The largest absolute Gasteiger partial charge is 0.375 e. The molecule has 1 atom stereocenters. The molecule has 1 aromatic carbocycles. The first kappa shape index (κ1) is 12.7. The summed E-state index contributed by atoms with van der Waals surface area (Å²) < 4.78 is 24.3. The fourth-order valence-corrected chi connectivity index (χ4v) is 3.15. The molecule has 0 radical (unpaired) electrons. The lowest BCUT2D eigenvalue weighted by molar-refractivity contribution is 0.560. The zero-order valence-electron chi connectivity index (χ0n) is 9.71. The Morgan fingerprint density at radius 2 is 1.69 bits per heavy atom. The number of hydrogen-bond donors (Lipinski definition) is 0. The molecule has 0 amide bonds. The Balaban J connectivity index is 3.22. The Morgan fingerprint density at radius 1 is 1.19 bits per heavy atom. The van der Waals surface area contributed by atoms with E-state index in [1.165, 1.54) is 0 Å². The van der Waals surface area contributed by atoms with Crippen molar-refractivity contribution in [3.05, 3.63) is 34.7 Å². The maximum absolute atomic E-state index is 12.1. The lowest BCUT2D eigenvalue weighted by Gasteiger charge is -2.07. The van der Waals surface area contributed by atoms with Crippen molar-refractivity contribution >= 4 is 9.84 Å². The molecule has 1 aromatic rings. The van der Waals surface area contributed by atoms with Gasteiger partial charge < -0.3 is 0 Å². The third-order valence-corrected chi connectivity index (χ3v) is 4.62. The van der Waals surface area contributed by atoms with Crippen molar-refractivity contribution in [2.24, 2.45) is 5.92 Å². The molecule has 4 heteroatoms. The van der Waals surface area contributed by atoms with Gasteiger partial charge in [-0.25, -0.2) is 8.42 Å². The number of hydrogen-bond acceptors (Lipinski definition) is 2. The third-order valence-electron chi connectivity index (χ3n) is 2.38. The topological polar surface area (TPSA) is 38.5 Å². The van der Waals surface area contributed by atoms with Crippen LogP contribution in [-0.2, 0) is 9.84 Å². The first-order valence-corrected chi connectivity index (χ1v) is 6.65. The van der Waals surface area contributed by atoms with Gasteiger partial charge in [0.2, 0.25) is 0 Å².